The molecular formula is C40H50Cl2Si3Zr. The van der Waals surface area contributed by atoms with Crippen LogP contribution in [-0.2, 0) is 17.9 Å². The minimum atomic E-state index is -4.07. The van der Waals surface area contributed by atoms with Gasteiger partial charge < -0.3 is 0 Å². The molecule has 0 bridgehead atoms. The number of rotatable bonds is 8. The number of fused-ring (bicyclic) bond motifs is 4. The normalized spacial score (nSPS) is 17.2. The summed E-state index contributed by atoms with van der Waals surface area (Å²) in [5.41, 5.74) is 11.2. The number of allylic oxidation sites excluding steroid dienone is 1. The molecule has 2 aliphatic rings. The first-order valence-electron chi connectivity index (χ1n) is 17.2. The Morgan fingerprint density at radius 1 is 0.783 bits per heavy atom. The molecule has 0 saturated carbocycles. The molecule has 1 heterocycles. The minimum absolute atomic E-state index is 0.100. The molecule has 46 heavy (non-hydrogen) atoms. The van der Waals surface area contributed by atoms with Gasteiger partial charge in [-0.25, -0.2) is 0 Å². The van der Waals surface area contributed by atoms with E-state index >= 15 is 0 Å². The molecular weight excluding hydrogens is 727 g/mol. The van der Waals surface area contributed by atoms with Gasteiger partial charge in [0.15, 0.2) is 0 Å². The fraction of sp³-hybridized carbons (Fsp3) is 0.350. The van der Waals surface area contributed by atoms with Gasteiger partial charge in [-0.1, -0.05) is 0 Å². The molecule has 240 valence electrons. The molecule has 0 N–H and O–H groups in total. The van der Waals surface area contributed by atoms with E-state index in [1.807, 2.05) is 0 Å². The molecule has 6 rings (SSSR count). The summed E-state index contributed by atoms with van der Waals surface area (Å²) < 4.78 is 1.42. The maximum atomic E-state index is 8.06. The van der Waals surface area contributed by atoms with Gasteiger partial charge in [-0.2, -0.15) is 0 Å². The second-order valence-electron chi connectivity index (χ2n) is 16.2. The third-order valence-corrected chi connectivity index (χ3v) is 28.9. The van der Waals surface area contributed by atoms with Gasteiger partial charge in [-0.15, -0.1) is 0 Å². The molecule has 0 radical (unpaired) electrons. The van der Waals surface area contributed by atoms with Gasteiger partial charge in [-0.05, 0) is 0 Å². The van der Waals surface area contributed by atoms with E-state index in [1.54, 1.807) is 10.4 Å². The predicted octanol–water partition coefficient (Wildman–Crippen LogP) is 8.94. The molecule has 0 amide bonds. The van der Waals surface area contributed by atoms with Gasteiger partial charge in [-0.3, -0.25) is 0 Å². The van der Waals surface area contributed by atoms with Crippen LogP contribution >= 0.6 is 17.0 Å². The number of benzene rings is 4. The molecule has 2 atom stereocenters. The SMILES string of the molecule is CCC(C)C1=Cc2c(ccc(C(C)C)c2-c2cc([Si](C)(C)C)cc([Si](C)(C)C)c2)[CH]1[Zr]([Cl])([Cl])[c]1cccc2c1[SiH2]c1ccccc1-2. The molecule has 4 aromatic carbocycles. The molecule has 2 unspecified atom stereocenters. The van der Waals surface area contributed by atoms with Gasteiger partial charge in [0.05, 0.1) is 0 Å². The fourth-order valence-electron chi connectivity index (χ4n) is 7.62. The van der Waals surface area contributed by atoms with Crippen molar-refractivity contribution in [3.63, 3.8) is 0 Å². The van der Waals surface area contributed by atoms with Crippen LogP contribution in [0.15, 0.2) is 78.4 Å². The van der Waals surface area contributed by atoms with E-state index in [2.05, 4.69) is 146 Å². The van der Waals surface area contributed by atoms with Crippen molar-refractivity contribution < 1.29 is 17.9 Å². The van der Waals surface area contributed by atoms with Crippen molar-refractivity contribution in [1.82, 2.24) is 0 Å². The van der Waals surface area contributed by atoms with Crippen LogP contribution in [0.5, 0.6) is 0 Å². The topological polar surface area (TPSA) is 0 Å². The molecule has 6 heteroatoms. The van der Waals surface area contributed by atoms with Gasteiger partial charge in [0.1, 0.15) is 0 Å². The zero-order valence-corrected chi connectivity index (χ0v) is 36.8. The Hall–Kier alpha value is -1.27. The van der Waals surface area contributed by atoms with Crippen molar-refractivity contribution in [3.05, 3.63) is 95.1 Å². The van der Waals surface area contributed by atoms with Crippen molar-refractivity contribution in [2.75, 3.05) is 0 Å². The second kappa shape index (κ2) is 12.6. The summed E-state index contributed by atoms with van der Waals surface area (Å²) in [4.78, 5) is 0. The van der Waals surface area contributed by atoms with Crippen LogP contribution in [0.4, 0.5) is 0 Å². The fourth-order valence-corrected chi connectivity index (χ4v) is 27.0. The Bertz CT molecular complexity index is 1830. The first-order chi connectivity index (χ1) is 21.5. The second-order valence-corrected chi connectivity index (χ2v) is 42.1. The van der Waals surface area contributed by atoms with Crippen LogP contribution < -0.4 is 24.0 Å². The number of hydrogen-bond acceptors (Lipinski definition) is 0. The van der Waals surface area contributed by atoms with Gasteiger partial charge in [0, 0.05) is 0 Å². The van der Waals surface area contributed by atoms with Crippen LogP contribution in [0.1, 0.15) is 60.3 Å². The Morgan fingerprint density at radius 3 is 2.02 bits per heavy atom. The quantitative estimate of drug-likeness (QED) is 0.138. The Morgan fingerprint density at radius 2 is 1.41 bits per heavy atom. The van der Waals surface area contributed by atoms with E-state index in [4.69, 9.17) is 17.0 Å². The van der Waals surface area contributed by atoms with Crippen molar-refractivity contribution in [2.24, 2.45) is 5.92 Å². The van der Waals surface area contributed by atoms with E-state index in [0.717, 1.165) is 6.42 Å². The van der Waals surface area contributed by atoms with Crippen molar-refractivity contribution in [1.29, 1.82) is 0 Å². The van der Waals surface area contributed by atoms with Crippen molar-refractivity contribution in [2.45, 2.75) is 82.9 Å². The molecule has 4 aromatic rings. The zero-order chi connectivity index (χ0) is 33.3. The number of hydrogen-bond donors (Lipinski definition) is 0. The molecule has 1 aliphatic heterocycles. The maximum absolute atomic E-state index is 8.06. The summed E-state index contributed by atoms with van der Waals surface area (Å²) in [7, 11) is 12.3. The third-order valence-electron chi connectivity index (χ3n) is 10.6. The first-order valence-corrected chi connectivity index (χ1v) is 34.6. The average Bonchev–Trinajstić information content (AvgIpc) is 3.58. The van der Waals surface area contributed by atoms with Gasteiger partial charge >= 0.3 is 297 Å². The zero-order valence-electron chi connectivity index (χ0n) is 29.4. The van der Waals surface area contributed by atoms with E-state index < -0.39 is 43.5 Å². The Kier molecular flexibility index (Phi) is 9.45. The average molecular weight is 777 g/mol. The summed E-state index contributed by atoms with van der Waals surface area (Å²) >= 11 is -4.07. The van der Waals surface area contributed by atoms with Crippen LogP contribution in [0.2, 0.25) is 39.3 Å². The Balaban J connectivity index is 1.61. The summed E-state index contributed by atoms with van der Waals surface area (Å²) in [5, 5.41) is 6.14. The first kappa shape index (κ1) is 34.6. The molecule has 0 spiro atoms. The van der Waals surface area contributed by atoms with Crippen LogP contribution in [-0.4, -0.2) is 25.7 Å². The Labute approximate surface area is 294 Å². The van der Waals surface area contributed by atoms with Crippen LogP contribution in [0.25, 0.3) is 28.3 Å². The van der Waals surface area contributed by atoms with Gasteiger partial charge in [0.25, 0.3) is 0 Å². The standard InChI is InChI=1S/C28H41Si2.C12H9Si.2ClH.Zr/c1-11-20(4)22-14-21-12-13-26(19(2)3)28(27(21)17-22)23-15-24(29(5,6)7)18-25(16-23)30(8,9)10;1-3-7-11-9(5-1)10-6-2-4-8-12(10)13-11;;;/h12-20H,11H2,1-10H3;1-7H,13H2;2*1H;/q;;;;+2/p-2. The molecule has 0 saturated heterocycles. The van der Waals surface area contributed by atoms with E-state index in [1.165, 1.54) is 58.2 Å². The molecule has 0 aromatic heterocycles. The predicted molar refractivity (Wildman–Crippen MR) is 213 cm³/mol. The van der Waals surface area contributed by atoms with E-state index in [9.17, 15) is 0 Å². The molecule has 0 nitrogen and oxygen atoms in total. The van der Waals surface area contributed by atoms with E-state index in [0.29, 0.717) is 11.8 Å². The van der Waals surface area contributed by atoms with Crippen molar-refractivity contribution in [3.8, 4) is 22.3 Å². The summed E-state index contributed by atoms with van der Waals surface area (Å²) in [6, 6.07) is 28.3. The van der Waals surface area contributed by atoms with E-state index in [-0.39, 0.29) is 3.63 Å². The van der Waals surface area contributed by atoms with Crippen molar-refractivity contribution >= 4 is 72.8 Å². The molecule has 1 aliphatic carbocycles. The van der Waals surface area contributed by atoms with Crippen LogP contribution in [0, 0.1) is 5.92 Å². The number of halogens is 2. The molecule has 0 fully saturated rings. The van der Waals surface area contributed by atoms with Gasteiger partial charge in [0.2, 0.25) is 0 Å². The van der Waals surface area contributed by atoms with Crippen LogP contribution in [0.3, 0.4) is 0 Å². The third kappa shape index (κ3) is 6.07. The monoisotopic (exact) mass is 774 g/mol. The summed E-state index contributed by atoms with van der Waals surface area (Å²) in [6.07, 6.45) is 3.63. The summed E-state index contributed by atoms with van der Waals surface area (Å²) in [6.45, 7) is 24.3. The summed E-state index contributed by atoms with van der Waals surface area (Å²) in [5.74, 6) is 0.825.